The van der Waals surface area contributed by atoms with E-state index in [2.05, 4.69) is 46.2 Å². The fourth-order valence-electron chi connectivity index (χ4n) is 2.47. The van der Waals surface area contributed by atoms with Gasteiger partial charge in [0.2, 0.25) is 0 Å². The quantitative estimate of drug-likeness (QED) is 0.237. The second-order valence-electron chi connectivity index (χ2n) is 4.52. The minimum Gasteiger partial charge on any atom is -0.249 e. The predicted molar refractivity (Wildman–Crippen MR) is 101 cm³/mol. The molecule has 0 aromatic heterocycles. The van der Waals surface area contributed by atoms with Crippen LogP contribution < -0.4 is 18.9 Å². The van der Waals surface area contributed by atoms with Crippen molar-refractivity contribution >= 4 is 62.6 Å². The van der Waals surface area contributed by atoms with Gasteiger partial charge in [-0.2, -0.15) is 0 Å². The molecule has 5 heteroatoms. The van der Waals surface area contributed by atoms with Crippen LogP contribution in [0.1, 0.15) is 5.56 Å². The predicted octanol–water partition coefficient (Wildman–Crippen LogP) is 2.33. The van der Waals surface area contributed by atoms with Crippen molar-refractivity contribution in [1.82, 2.24) is 3.71 Å². The van der Waals surface area contributed by atoms with Gasteiger partial charge >= 0.3 is 18.9 Å². The van der Waals surface area contributed by atoms with Gasteiger partial charge in [0.05, 0.1) is 0 Å². The number of hydrogen-bond acceptors (Lipinski definition) is 3. The summed E-state index contributed by atoms with van der Waals surface area (Å²) >= 11 is 9.04. The Hall–Kier alpha value is -0.633. The number of thiocarbonyl (C=S) groups is 1. The summed E-state index contributed by atoms with van der Waals surface area (Å²) in [6.07, 6.45) is 4.09. The Kier molecular flexibility index (Phi) is 6.25. The SMILES string of the molecule is CSN(SC)C(=S)c1c2ccccc2[c-]c2ccccc12.[Li+]. The molecule has 0 heterocycles. The molecule has 0 unspecified atom stereocenters. The van der Waals surface area contributed by atoms with Crippen molar-refractivity contribution < 1.29 is 18.9 Å². The van der Waals surface area contributed by atoms with Crippen LogP contribution in [-0.2, 0) is 0 Å². The molecule has 0 radical (unpaired) electrons. The third-order valence-corrected chi connectivity index (χ3v) is 5.91. The van der Waals surface area contributed by atoms with E-state index >= 15 is 0 Å². The first kappa shape index (κ1) is 17.7. The van der Waals surface area contributed by atoms with Crippen molar-refractivity contribution in [3.63, 3.8) is 0 Å². The standard InChI is InChI=1S/C17H14NS3.Li/c1-20-18(21-2)17(19)16-14-9-5-3-7-12(14)11-13-8-4-6-10-15(13)16;/h3-10H,1-2H3;/q-1;+1. The van der Waals surface area contributed by atoms with Gasteiger partial charge in [0.15, 0.2) is 0 Å². The summed E-state index contributed by atoms with van der Waals surface area (Å²) in [5, 5.41) is 4.54. The molecule has 0 aliphatic rings. The zero-order valence-electron chi connectivity index (χ0n) is 12.8. The molecule has 3 aromatic rings. The summed E-state index contributed by atoms with van der Waals surface area (Å²) in [6.45, 7) is 0. The van der Waals surface area contributed by atoms with Crippen molar-refractivity contribution in [2.45, 2.75) is 0 Å². The molecular formula is C17H14LiNS3. The van der Waals surface area contributed by atoms with Crippen molar-refractivity contribution in [3.8, 4) is 0 Å². The molecule has 0 saturated heterocycles. The van der Waals surface area contributed by atoms with Crippen LogP contribution in [0.4, 0.5) is 0 Å². The van der Waals surface area contributed by atoms with Crippen LogP contribution in [0.25, 0.3) is 21.5 Å². The fourth-order valence-corrected chi connectivity index (χ4v) is 4.25. The van der Waals surface area contributed by atoms with Gasteiger partial charge in [-0.15, -0.1) is 29.0 Å². The maximum Gasteiger partial charge on any atom is 1.00 e. The molecule has 22 heavy (non-hydrogen) atoms. The Labute approximate surface area is 157 Å². The monoisotopic (exact) mass is 335 g/mol. The first-order valence-corrected chi connectivity index (χ1v) is 9.29. The van der Waals surface area contributed by atoms with Gasteiger partial charge in [-0.05, 0) is 29.5 Å². The topological polar surface area (TPSA) is 3.24 Å². The summed E-state index contributed by atoms with van der Waals surface area (Å²) < 4.78 is 2.07. The molecule has 0 bridgehead atoms. The van der Waals surface area contributed by atoms with E-state index in [1.54, 1.807) is 23.9 Å². The van der Waals surface area contributed by atoms with Crippen LogP contribution in [0.5, 0.6) is 0 Å². The van der Waals surface area contributed by atoms with Gasteiger partial charge < -0.3 is 0 Å². The van der Waals surface area contributed by atoms with Crippen molar-refractivity contribution in [3.05, 3.63) is 60.2 Å². The molecule has 0 aliphatic heterocycles. The molecule has 0 amide bonds. The maximum atomic E-state index is 5.77. The van der Waals surface area contributed by atoms with Crippen LogP contribution in [0.15, 0.2) is 48.5 Å². The molecule has 0 fully saturated rings. The van der Waals surface area contributed by atoms with E-state index in [9.17, 15) is 0 Å². The third-order valence-electron chi connectivity index (χ3n) is 3.37. The minimum atomic E-state index is 0. The first-order chi connectivity index (χ1) is 10.3. The molecule has 0 saturated carbocycles. The molecule has 0 aliphatic carbocycles. The van der Waals surface area contributed by atoms with Gasteiger partial charge in [0, 0.05) is 12.5 Å². The second-order valence-corrected chi connectivity index (χ2v) is 6.60. The van der Waals surface area contributed by atoms with Gasteiger partial charge in [0.25, 0.3) is 0 Å². The summed E-state index contributed by atoms with van der Waals surface area (Å²) in [4.78, 5) is 0.858. The van der Waals surface area contributed by atoms with Crippen LogP contribution in [0, 0.1) is 6.07 Å². The number of hydrogen-bond donors (Lipinski definition) is 0. The van der Waals surface area contributed by atoms with E-state index in [1.165, 1.54) is 0 Å². The van der Waals surface area contributed by atoms with Gasteiger partial charge in [-0.1, -0.05) is 59.4 Å². The normalized spacial score (nSPS) is 10.5. The second kappa shape index (κ2) is 7.76. The summed E-state index contributed by atoms with van der Waals surface area (Å²) in [6, 6.07) is 20.1. The number of fused-ring (bicyclic) bond motifs is 2. The zero-order chi connectivity index (χ0) is 14.8. The Morgan fingerprint density at radius 1 is 0.909 bits per heavy atom. The molecule has 3 aromatic carbocycles. The Balaban J connectivity index is 0.00000176. The molecule has 0 spiro atoms. The maximum absolute atomic E-state index is 5.77. The van der Waals surface area contributed by atoms with E-state index < -0.39 is 0 Å². The van der Waals surface area contributed by atoms with E-state index in [0.29, 0.717) is 0 Å². The zero-order valence-corrected chi connectivity index (χ0v) is 15.2. The van der Waals surface area contributed by atoms with Crippen molar-refractivity contribution in [1.29, 1.82) is 0 Å². The van der Waals surface area contributed by atoms with Gasteiger partial charge in [-0.3, -0.25) is 0 Å². The first-order valence-electron chi connectivity index (χ1n) is 6.51. The van der Waals surface area contributed by atoms with E-state index in [-0.39, 0.29) is 18.9 Å². The molecule has 0 atom stereocenters. The summed E-state index contributed by atoms with van der Waals surface area (Å²) in [5.41, 5.74) is 1.12. The molecule has 106 valence electrons. The Morgan fingerprint density at radius 3 is 1.82 bits per heavy atom. The average molecular weight is 335 g/mol. The van der Waals surface area contributed by atoms with Crippen LogP contribution in [0.3, 0.4) is 0 Å². The summed E-state index contributed by atoms with van der Waals surface area (Å²) in [5.74, 6) is 0. The average Bonchev–Trinajstić information content (AvgIpc) is 2.53. The van der Waals surface area contributed by atoms with Gasteiger partial charge in [0.1, 0.15) is 4.99 Å². The molecule has 1 nitrogen and oxygen atoms in total. The number of nitrogens with zero attached hydrogens (tertiary/aromatic N) is 1. The molecular weight excluding hydrogens is 321 g/mol. The van der Waals surface area contributed by atoms with Crippen molar-refractivity contribution in [2.75, 3.05) is 12.5 Å². The third kappa shape index (κ3) is 3.17. The van der Waals surface area contributed by atoms with Crippen LogP contribution in [0.2, 0.25) is 0 Å². The largest absolute Gasteiger partial charge is 1.00 e. The Morgan fingerprint density at radius 2 is 1.36 bits per heavy atom. The Bertz CT molecular complexity index is 761. The van der Waals surface area contributed by atoms with E-state index in [0.717, 1.165) is 32.1 Å². The van der Waals surface area contributed by atoms with Gasteiger partial charge in [-0.25, -0.2) is 3.71 Å². The fraction of sp³-hybridized carbons (Fsp3) is 0.118. The van der Waals surface area contributed by atoms with Crippen LogP contribution in [-0.4, -0.2) is 21.2 Å². The smallest absolute Gasteiger partial charge is 0.249 e. The van der Waals surface area contributed by atoms with E-state index in [4.69, 9.17) is 12.2 Å². The van der Waals surface area contributed by atoms with Crippen LogP contribution >= 0.6 is 36.1 Å². The number of rotatable bonds is 3. The summed E-state index contributed by atoms with van der Waals surface area (Å²) in [7, 11) is 0. The molecule has 0 N–H and O–H groups in total. The molecule has 3 rings (SSSR count). The van der Waals surface area contributed by atoms with E-state index in [1.807, 2.05) is 24.6 Å². The number of benzene rings is 3. The van der Waals surface area contributed by atoms with Crippen molar-refractivity contribution in [2.24, 2.45) is 0 Å². The minimum absolute atomic E-state index is 0.